The lowest BCUT2D eigenvalue weighted by Crippen LogP contribution is -2.54. The van der Waals surface area contributed by atoms with E-state index in [1.807, 2.05) is 0 Å². The van der Waals surface area contributed by atoms with Crippen molar-refractivity contribution in [1.82, 2.24) is 4.90 Å². The van der Waals surface area contributed by atoms with Crippen molar-refractivity contribution in [2.45, 2.75) is 45.0 Å². The van der Waals surface area contributed by atoms with Crippen molar-refractivity contribution in [2.75, 3.05) is 13.2 Å². The Morgan fingerprint density at radius 2 is 2.22 bits per heavy atom. The maximum atomic E-state index is 11.3. The lowest BCUT2D eigenvalue weighted by Gasteiger charge is -2.33. The van der Waals surface area contributed by atoms with Crippen LogP contribution in [-0.2, 0) is 14.3 Å². The quantitative estimate of drug-likeness (QED) is 0.708. The second-order valence-corrected chi connectivity index (χ2v) is 4.65. The molecule has 0 spiro atoms. The molecule has 1 heterocycles. The van der Waals surface area contributed by atoms with Crippen LogP contribution in [0.3, 0.4) is 0 Å². The summed E-state index contributed by atoms with van der Waals surface area (Å²) in [6.07, 6.45) is -1.14. The summed E-state index contributed by atoms with van der Waals surface area (Å²) < 4.78 is 10.2. The molecule has 0 saturated carbocycles. The van der Waals surface area contributed by atoms with E-state index < -0.39 is 29.9 Å². The van der Waals surface area contributed by atoms with Crippen molar-refractivity contribution in [2.24, 2.45) is 5.73 Å². The maximum absolute atomic E-state index is 11.3. The fourth-order valence-electron chi connectivity index (χ4n) is 2.07. The first-order valence-electron chi connectivity index (χ1n) is 5.87. The minimum Gasteiger partial charge on any atom is -0.466 e. The summed E-state index contributed by atoms with van der Waals surface area (Å²) in [6, 6.07) is -1.18. The summed E-state index contributed by atoms with van der Waals surface area (Å²) >= 11 is 0. The fraction of sp³-hybridized carbons (Fsp3) is 0.818. The number of ether oxygens (including phenoxy) is 2. The highest BCUT2D eigenvalue weighted by Gasteiger charge is 2.46. The number of nitrogens with two attached hydrogens (primary N) is 1. The highest BCUT2D eigenvalue weighted by molar-refractivity contribution is 5.71. The van der Waals surface area contributed by atoms with E-state index in [1.54, 1.807) is 20.8 Å². The van der Waals surface area contributed by atoms with Gasteiger partial charge in [-0.15, -0.1) is 0 Å². The van der Waals surface area contributed by atoms with Gasteiger partial charge in [0.2, 0.25) is 0 Å². The molecule has 1 unspecified atom stereocenters. The SMILES string of the molecule is CCOC(=O)CC(N)[C@H]1COC(C)(C)N1C(=O)O. The number of amides is 1. The van der Waals surface area contributed by atoms with Gasteiger partial charge < -0.3 is 20.3 Å². The molecule has 7 nitrogen and oxygen atoms in total. The number of esters is 1. The van der Waals surface area contributed by atoms with E-state index >= 15 is 0 Å². The average molecular weight is 260 g/mol. The van der Waals surface area contributed by atoms with E-state index in [1.165, 1.54) is 0 Å². The molecular formula is C11H20N2O5. The Morgan fingerprint density at radius 3 is 2.72 bits per heavy atom. The summed E-state index contributed by atoms with van der Waals surface area (Å²) in [5.74, 6) is -0.431. The van der Waals surface area contributed by atoms with Crippen LogP contribution in [0.4, 0.5) is 4.79 Å². The standard InChI is InChI=1S/C11H20N2O5/c1-4-17-9(14)5-7(12)8-6-18-11(2,3)13(8)10(15)16/h7-8H,4-6,12H2,1-3H3,(H,15,16)/t7?,8-/m1/s1. The highest BCUT2D eigenvalue weighted by atomic mass is 16.5. The molecule has 0 radical (unpaired) electrons. The van der Waals surface area contributed by atoms with Gasteiger partial charge >= 0.3 is 12.1 Å². The van der Waals surface area contributed by atoms with Crippen molar-refractivity contribution in [1.29, 1.82) is 0 Å². The van der Waals surface area contributed by atoms with Gasteiger partial charge in [-0.05, 0) is 20.8 Å². The van der Waals surface area contributed by atoms with Crippen molar-refractivity contribution >= 4 is 12.1 Å². The zero-order valence-electron chi connectivity index (χ0n) is 10.9. The van der Waals surface area contributed by atoms with Gasteiger partial charge in [0.15, 0.2) is 0 Å². The zero-order valence-corrected chi connectivity index (χ0v) is 10.9. The molecule has 3 N–H and O–H groups in total. The third-order valence-electron chi connectivity index (χ3n) is 2.93. The Kier molecular flexibility index (Phi) is 4.53. The monoisotopic (exact) mass is 260 g/mol. The zero-order chi connectivity index (χ0) is 13.9. The molecule has 18 heavy (non-hydrogen) atoms. The lowest BCUT2D eigenvalue weighted by atomic mass is 10.0. The largest absolute Gasteiger partial charge is 0.466 e. The van der Waals surface area contributed by atoms with Crippen LogP contribution in [0.25, 0.3) is 0 Å². The van der Waals surface area contributed by atoms with Crippen molar-refractivity contribution in [3.05, 3.63) is 0 Å². The van der Waals surface area contributed by atoms with Gasteiger partial charge in [-0.2, -0.15) is 0 Å². The molecule has 0 aromatic heterocycles. The van der Waals surface area contributed by atoms with Gasteiger partial charge in [0.25, 0.3) is 0 Å². The molecule has 0 bridgehead atoms. The molecular weight excluding hydrogens is 240 g/mol. The molecule has 0 aliphatic carbocycles. The van der Waals surface area contributed by atoms with E-state index in [-0.39, 0.29) is 19.6 Å². The molecule has 1 aliphatic rings. The summed E-state index contributed by atoms with van der Waals surface area (Å²) in [5.41, 5.74) is 4.95. The van der Waals surface area contributed by atoms with Crippen LogP contribution >= 0.6 is 0 Å². The minimum atomic E-state index is -1.11. The van der Waals surface area contributed by atoms with Gasteiger partial charge in [0.05, 0.1) is 25.7 Å². The first-order valence-corrected chi connectivity index (χ1v) is 5.87. The molecule has 0 aromatic rings. The smallest absolute Gasteiger partial charge is 0.409 e. The summed E-state index contributed by atoms with van der Waals surface area (Å²) in [4.78, 5) is 23.7. The summed E-state index contributed by atoms with van der Waals surface area (Å²) in [5, 5.41) is 9.18. The maximum Gasteiger partial charge on any atom is 0.409 e. The Morgan fingerprint density at radius 1 is 1.61 bits per heavy atom. The normalized spacial score (nSPS) is 23.8. The van der Waals surface area contributed by atoms with E-state index in [4.69, 9.17) is 15.2 Å². The minimum absolute atomic E-state index is 0.0261. The number of carboxylic acid groups (broad SMARTS) is 1. The summed E-state index contributed by atoms with van der Waals surface area (Å²) in [7, 11) is 0. The molecule has 1 fully saturated rings. The fourth-order valence-corrected chi connectivity index (χ4v) is 2.07. The van der Waals surface area contributed by atoms with Gasteiger partial charge in [0, 0.05) is 6.04 Å². The first-order chi connectivity index (χ1) is 8.29. The van der Waals surface area contributed by atoms with Crippen LogP contribution in [0.1, 0.15) is 27.2 Å². The van der Waals surface area contributed by atoms with Crippen LogP contribution in [-0.4, -0.2) is 53.1 Å². The predicted molar refractivity (Wildman–Crippen MR) is 62.9 cm³/mol. The molecule has 2 atom stereocenters. The van der Waals surface area contributed by atoms with E-state index in [9.17, 15) is 14.7 Å². The number of nitrogens with zero attached hydrogens (tertiary/aromatic N) is 1. The molecule has 0 aromatic carbocycles. The van der Waals surface area contributed by atoms with Crippen LogP contribution in [0.15, 0.2) is 0 Å². The highest BCUT2D eigenvalue weighted by Crippen LogP contribution is 2.29. The average Bonchev–Trinajstić information content (AvgIpc) is 2.54. The van der Waals surface area contributed by atoms with Crippen molar-refractivity contribution in [3.8, 4) is 0 Å². The Bertz CT molecular complexity index is 331. The number of carbonyl (C=O) groups excluding carboxylic acids is 1. The van der Waals surface area contributed by atoms with Gasteiger partial charge in [0.1, 0.15) is 5.72 Å². The second-order valence-electron chi connectivity index (χ2n) is 4.65. The molecule has 1 rings (SSSR count). The number of hydrogen-bond acceptors (Lipinski definition) is 5. The third kappa shape index (κ3) is 3.11. The van der Waals surface area contributed by atoms with Crippen molar-refractivity contribution in [3.63, 3.8) is 0 Å². The van der Waals surface area contributed by atoms with E-state index in [2.05, 4.69) is 0 Å². The van der Waals surface area contributed by atoms with E-state index in [0.717, 1.165) is 4.90 Å². The second kappa shape index (κ2) is 5.53. The Labute approximate surface area is 106 Å². The van der Waals surface area contributed by atoms with Gasteiger partial charge in [-0.1, -0.05) is 0 Å². The molecule has 1 aliphatic heterocycles. The van der Waals surface area contributed by atoms with Crippen LogP contribution in [0.2, 0.25) is 0 Å². The summed E-state index contributed by atoms with van der Waals surface area (Å²) in [6.45, 7) is 5.46. The van der Waals surface area contributed by atoms with E-state index in [0.29, 0.717) is 0 Å². The lowest BCUT2D eigenvalue weighted by molar-refractivity contribution is -0.143. The van der Waals surface area contributed by atoms with Gasteiger partial charge in [-0.25, -0.2) is 4.79 Å². The number of hydrogen-bond donors (Lipinski definition) is 2. The number of rotatable bonds is 4. The van der Waals surface area contributed by atoms with Gasteiger partial charge in [-0.3, -0.25) is 9.69 Å². The predicted octanol–water partition coefficient (Wildman–Crippen LogP) is 0.382. The Hall–Kier alpha value is -1.34. The molecule has 1 saturated heterocycles. The van der Waals surface area contributed by atoms with Crippen LogP contribution in [0, 0.1) is 0 Å². The number of carbonyl (C=O) groups is 2. The van der Waals surface area contributed by atoms with Crippen molar-refractivity contribution < 1.29 is 24.2 Å². The van der Waals surface area contributed by atoms with Crippen LogP contribution in [0.5, 0.6) is 0 Å². The Balaban J connectivity index is 2.70. The molecule has 1 amide bonds. The first kappa shape index (κ1) is 14.7. The third-order valence-corrected chi connectivity index (χ3v) is 2.93. The van der Waals surface area contributed by atoms with Crippen LogP contribution < -0.4 is 5.73 Å². The molecule has 104 valence electrons. The molecule has 7 heteroatoms. The topological polar surface area (TPSA) is 102 Å².